The molecule has 18 heavy (non-hydrogen) atoms. The molecule has 2 heterocycles. The molecule has 0 fully saturated rings. The highest BCUT2D eigenvalue weighted by molar-refractivity contribution is 5.80. The van der Waals surface area contributed by atoms with Crippen LogP contribution in [0, 0.1) is 0 Å². The molecule has 0 aliphatic rings. The fourth-order valence-electron chi connectivity index (χ4n) is 1.93. The lowest BCUT2D eigenvalue weighted by Gasteiger charge is -2.22. The van der Waals surface area contributed by atoms with E-state index >= 15 is 0 Å². The molecule has 0 aromatic carbocycles. The Kier molecular flexibility index (Phi) is 3.82. The van der Waals surface area contributed by atoms with E-state index in [1.54, 1.807) is 35.4 Å². The Morgan fingerprint density at radius 1 is 1.61 bits per heavy atom. The van der Waals surface area contributed by atoms with Crippen LogP contribution < -0.4 is 0 Å². The number of carbonyl (C=O) groups excluding carboxylic acids is 1. The lowest BCUT2D eigenvalue weighted by Crippen LogP contribution is -2.34. The molecule has 5 heteroatoms. The zero-order valence-corrected chi connectivity index (χ0v) is 10.6. The van der Waals surface area contributed by atoms with Crippen molar-refractivity contribution >= 4 is 5.91 Å². The second kappa shape index (κ2) is 5.53. The van der Waals surface area contributed by atoms with Crippen molar-refractivity contribution in [1.82, 2.24) is 14.7 Å². The van der Waals surface area contributed by atoms with Crippen molar-refractivity contribution in [3.63, 3.8) is 0 Å². The number of likely N-dealkylation sites (N-methyl/N-ethyl adjacent to an activating group) is 1. The van der Waals surface area contributed by atoms with E-state index in [-0.39, 0.29) is 11.9 Å². The van der Waals surface area contributed by atoms with E-state index in [0.717, 1.165) is 12.0 Å². The van der Waals surface area contributed by atoms with Crippen LogP contribution in [0.4, 0.5) is 0 Å². The van der Waals surface area contributed by atoms with Crippen LogP contribution >= 0.6 is 0 Å². The van der Waals surface area contributed by atoms with Crippen LogP contribution in [0.25, 0.3) is 0 Å². The Morgan fingerprint density at radius 2 is 2.44 bits per heavy atom. The van der Waals surface area contributed by atoms with Crippen molar-refractivity contribution in [1.29, 1.82) is 0 Å². The first-order chi connectivity index (χ1) is 8.72. The third kappa shape index (κ3) is 2.61. The lowest BCUT2D eigenvalue weighted by molar-refractivity contribution is -0.134. The molecule has 1 atom stereocenters. The van der Waals surface area contributed by atoms with Gasteiger partial charge in [0.05, 0.1) is 12.5 Å². The van der Waals surface area contributed by atoms with Crippen LogP contribution in [0.2, 0.25) is 0 Å². The van der Waals surface area contributed by atoms with E-state index in [1.165, 1.54) is 0 Å². The topological polar surface area (TPSA) is 51.3 Å². The van der Waals surface area contributed by atoms with Crippen molar-refractivity contribution in [2.75, 3.05) is 7.05 Å². The molecule has 2 aromatic heterocycles. The van der Waals surface area contributed by atoms with E-state index in [2.05, 4.69) is 5.10 Å². The number of nitrogens with zero attached hydrogens (tertiary/aromatic N) is 3. The third-order valence-electron chi connectivity index (χ3n) is 2.89. The van der Waals surface area contributed by atoms with Crippen molar-refractivity contribution in [2.45, 2.75) is 25.9 Å². The SMILES string of the molecule is CCC(C(=O)N(C)Cc1ccoc1)n1cccn1. The Balaban J connectivity index is 2.05. The van der Waals surface area contributed by atoms with Gasteiger partial charge in [-0.3, -0.25) is 9.48 Å². The maximum absolute atomic E-state index is 12.3. The van der Waals surface area contributed by atoms with Gasteiger partial charge in [-0.15, -0.1) is 0 Å². The van der Waals surface area contributed by atoms with Crippen molar-refractivity contribution in [3.05, 3.63) is 42.6 Å². The highest BCUT2D eigenvalue weighted by atomic mass is 16.3. The molecule has 1 unspecified atom stereocenters. The minimum absolute atomic E-state index is 0.0578. The molecule has 0 spiro atoms. The summed E-state index contributed by atoms with van der Waals surface area (Å²) in [5.74, 6) is 0.0578. The van der Waals surface area contributed by atoms with Gasteiger partial charge in [0.15, 0.2) is 0 Å². The molecule has 0 bridgehead atoms. The van der Waals surface area contributed by atoms with Gasteiger partial charge in [0, 0.05) is 31.5 Å². The summed E-state index contributed by atoms with van der Waals surface area (Å²) >= 11 is 0. The number of carbonyl (C=O) groups is 1. The number of rotatable bonds is 5. The monoisotopic (exact) mass is 247 g/mol. The standard InChI is InChI=1S/C13H17N3O2/c1-3-12(16-7-4-6-14-16)13(17)15(2)9-11-5-8-18-10-11/h4-8,10,12H,3,9H2,1-2H3. The Hall–Kier alpha value is -2.04. The molecule has 2 rings (SSSR count). The second-order valence-corrected chi connectivity index (χ2v) is 4.24. The van der Waals surface area contributed by atoms with E-state index < -0.39 is 0 Å². The summed E-state index contributed by atoms with van der Waals surface area (Å²) < 4.78 is 6.70. The normalized spacial score (nSPS) is 12.3. The summed E-state index contributed by atoms with van der Waals surface area (Å²) in [5.41, 5.74) is 0.987. The maximum atomic E-state index is 12.3. The van der Waals surface area contributed by atoms with Gasteiger partial charge in [-0.05, 0) is 18.6 Å². The van der Waals surface area contributed by atoms with Crippen LogP contribution in [-0.2, 0) is 11.3 Å². The lowest BCUT2D eigenvalue weighted by atomic mass is 10.2. The fraction of sp³-hybridized carbons (Fsp3) is 0.385. The van der Waals surface area contributed by atoms with Gasteiger partial charge in [0.2, 0.25) is 5.91 Å². The number of amides is 1. The van der Waals surface area contributed by atoms with E-state index in [1.807, 2.05) is 25.3 Å². The van der Waals surface area contributed by atoms with Gasteiger partial charge in [0.25, 0.3) is 0 Å². The fourth-order valence-corrected chi connectivity index (χ4v) is 1.93. The summed E-state index contributed by atoms with van der Waals surface area (Å²) in [4.78, 5) is 14.0. The maximum Gasteiger partial charge on any atom is 0.247 e. The number of aromatic nitrogens is 2. The minimum Gasteiger partial charge on any atom is -0.472 e. The zero-order chi connectivity index (χ0) is 13.0. The molecule has 5 nitrogen and oxygen atoms in total. The first-order valence-electron chi connectivity index (χ1n) is 5.97. The van der Waals surface area contributed by atoms with Crippen LogP contribution in [0.5, 0.6) is 0 Å². The number of furan rings is 1. The summed E-state index contributed by atoms with van der Waals surface area (Å²) in [6.07, 6.45) is 7.48. The third-order valence-corrected chi connectivity index (χ3v) is 2.89. The van der Waals surface area contributed by atoms with Crippen LogP contribution in [0.15, 0.2) is 41.5 Å². The highest BCUT2D eigenvalue weighted by Gasteiger charge is 2.22. The smallest absolute Gasteiger partial charge is 0.247 e. The zero-order valence-electron chi connectivity index (χ0n) is 10.6. The first kappa shape index (κ1) is 12.4. The molecular weight excluding hydrogens is 230 g/mol. The molecule has 0 radical (unpaired) electrons. The van der Waals surface area contributed by atoms with Crippen molar-refractivity contribution < 1.29 is 9.21 Å². The first-order valence-corrected chi connectivity index (χ1v) is 5.97. The molecule has 0 saturated carbocycles. The average Bonchev–Trinajstić information content (AvgIpc) is 3.02. The number of hydrogen-bond donors (Lipinski definition) is 0. The van der Waals surface area contributed by atoms with Crippen LogP contribution in [-0.4, -0.2) is 27.6 Å². The number of hydrogen-bond acceptors (Lipinski definition) is 3. The molecule has 0 aliphatic carbocycles. The van der Waals surface area contributed by atoms with Crippen molar-refractivity contribution in [3.8, 4) is 0 Å². The Bertz CT molecular complexity index is 476. The van der Waals surface area contributed by atoms with Gasteiger partial charge in [-0.1, -0.05) is 6.92 Å². The molecule has 2 aromatic rings. The molecule has 0 N–H and O–H groups in total. The second-order valence-electron chi connectivity index (χ2n) is 4.24. The average molecular weight is 247 g/mol. The summed E-state index contributed by atoms with van der Waals surface area (Å²) in [7, 11) is 1.79. The summed E-state index contributed by atoms with van der Waals surface area (Å²) in [5, 5.41) is 4.14. The molecule has 0 aliphatic heterocycles. The molecule has 1 amide bonds. The van der Waals surface area contributed by atoms with E-state index in [9.17, 15) is 4.79 Å². The molecule has 96 valence electrons. The van der Waals surface area contributed by atoms with Gasteiger partial charge in [-0.25, -0.2) is 0 Å². The van der Waals surface area contributed by atoms with Crippen molar-refractivity contribution in [2.24, 2.45) is 0 Å². The van der Waals surface area contributed by atoms with Gasteiger partial charge in [0.1, 0.15) is 6.04 Å². The minimum atomic E-state index is -0.239. The highest BCUT2D eigenvalue weighted by Crippen LogP contribution is 2.15. The van der Waals surface area contributed by atoms with Crippen LogP contribution in [0.3, 0.4) is 0 Å². The van der Waals surface area contributed by atoms with E-state index in [4.69, 9.17) is 4.42 Å². The Labute approximate surface area is 106 Å². The van der Waals surface area contributed by atoms with Gasteiger partial charge < -0.3 is 9.32 Å². The predicted molar refractivity (Wildman–Crippen MR) is 66.7 cm³/mol. The molecular formula is C13H17N3O2. The predicted octanol–water partition coefficient (Wildman–Crippen LogP) is 2.09. The van der Waals surface area contributed by atoms with Crippen LogP contribution in [0.1, 0.15) is 24.9 Å². The Morgan fingerprint density at radius 3 is 3.00 bits per heavy atom. The molecule has 0 saturated heterocycles. The largest absolute Gasteiger partial charge is 0.472 e. The van der Waals surface area contributed by atoms with Gasteiger partial charge >= 0.3 is 0 Å². The van der Waals surface area contributed by atoms with Gasteiger partial charge in [-0.2, -0.15) is 5.10 Å². The quantitative estimate of drug-likeness (QED) is 0.812. The van der Waals surface area contributed by atoms with E-state index in [0.29, 0.717) is 6.54 Å². The summed E-state index contributed by atoms with van der Waals surface area (Å²) in [6, 6.07) is 3.45. The summed E-state index contributed by atoms with van der Waals surface area (Å²) in [6.45, 7) is 2.53.